The molecule has 4 N–H and O–H groups in total. The van der Waals surface area contributed by atoms with Gasteiger partial charge in [-0.3, -0.25) is 19.4 Å². The Kier molecular flexibility index (Phi) is 10.5. The molecule has 10 nitrogen and oxygen atoms in total. The van der Waals surface area contributed by atoms with Crippen molar-refractivity contribution >= 4 is 74.2 Å². The monoisotopic (exact) mass is 674 g/mol. The van der Waals surface area contributed by atoms with Crippen LogP contribution in [0.3, 0.4) is 0 Å². The van der Waals surface area contributed by atoms with Crippen molar-refractivity contribution < 1.29 is 38.1 Å². The molecule has 0 bridgehead atoms. The number of nitrogens with one attached hydrogen (secondary N) is 2. The smallest absolute Gasteiger partial charge is 0.339 e. The Morgan fingerprint density at radius 3 is 2.56 bits per heavy atom. The first-order valence-electron chi connectivity index (χ1n) is 13.8. The number of thiophene rings is 1. The molecule has 0 saturated carbocycles. The molecule has 3 heterocycles. The largest absolute Gasteiger partial charge is 0.507 e. The molecule has 15 heteroatoms. The minimum absolute atomic E-state index is 0.00588. The lowest BCUT2D eigenvalue weighted by Crippen LogP contribution is -2.38. The van der Waals surface area contributed by atoms with Crippen LogP contribution in [0.5, 0.6) is 5.75 Å². The maximum atomic E-state index is 14.1. The Morgan fingerprint density at radius 2 is 1.84 bits per heavy atom. The molecule has 0 spiro atoms. The quantitative estimate of drug-likeness (QED) is 0.162. The average molecular weight is 675 g/mol. The van der Waals surface area contributed by atoms with E-state index >= 15 is 0 Å². The van der Waals surface area contributed by atoms with Crippen molar-refractivity contribution in [1.29, 1.82) is 0 Å². The molecular weight excluding hydrogens is 647 g/mol. The van der Waals surface area contributed by atoms with Crippen molar-refractivity contribution in [3.8, 4) is 16.9 Å². The summed E-state index contributed by atoms with van der Waals surface area (Å²) < 4.78 is 33.5. The zero-order valence-electron chi connectivity index (χ0n) is 23.7. The highest BCUT2D eigenvalue weighted by Crippen LogP contribution is 2.40. The lowest BCUT2D eigenvalue weighted by Gasteiger charge is -2.26. The molecule has 2 aromatic carbocycles. The normalized spacial score (nSPS) is 16.4. The van der Waals surface area contributed by atoms with E-state index in [4.69, 9.17) is 22.1 Å². The molecule has 2 amide bonds. The average Bonchev–Trinajstić information content (AvgIpc) is 3.52. The van der Waals surface area contributed by atoms with Gasteiger partial charge in [0, 0.05) is 61.3 Å². The summed E-state index contributed by atoms with van der Waals surface area (Å²) in [7, 11) is 0. The number of thioether (sulfide) groups is 1. The summed E-state index contributed by atoms with van der Waals surface area (Å²) >= 11 is 7.88. The van der Waals surface area contributed by atoms with E-state index < -0.39 is 29.3 Å². The van der Waals surface area contributed by atoms with Crippen molar-refractivity contribution in [2.45, 2.75) is 6.42 Å². The fourth-order valence-corrected chi connectivity index (χ4v) is 7.12. The lowest BCUT2D eigenvalue weighted by molar-refractivity contribution is -0.122. The minimum atomic E-state index is -1.30. The van der Waals surface area contributed by atoms with Gasteiger partial charge in [-0.2, -0.15) is 0 Å². The molecule has 45 heavy (non-hydrogen) atoms. The summed E-state index contributed by atoms with van der Waals surface area (Å²) in [5.41, 5.74) is 1.07. The summed E-state index contributed by atoms with van der Waals surface area (Å²) in [4.78, 5) is 41.5. The number of aromatic hydroxyl groups is 1. The molecule has 1 aromatic heterocycles. The number of amides is 2. The number of hydrogen-bond donors (Lipinski definition) is 4. The van der Waals surface area contributed by atoms with Crippen molar-refractivity contribution in [3.05, 3.63) is 69.4 Å². The molecular formula is C30H28F2N4O6S3. The van der Waals surface area contributed by atoms with E-state index in [1.54, 1.807) is 12.1 Å². The molecule has 5 rings (SSSR count). The number of carbonyl (C=O) groups is 3. The van der Waals surface area contributed by atoms with E-state index in [1.165, 1.54) is 34.4 Å². The van der Waals surface area contributed by atoms with Gasteiger partial charge in [-0.1, -0.05) is 30.0 Å². The highest BCUT2D eigenvalue weighted by atomic mass is 32.2. The van der Waals surface area contributed by atoms with Gasteiger partial charge in [0.25, 0.3) is 5.91 Å². The summed E-state index contributed by atoms with van der Waals surface area (Å²) in [6, 6.07) is 9.18. The Balaban J connectivity index is 1.26. The second-order valence-corrected chi connectivity index (χ2v) is 12.8. The molecule has 0 radical (unpaired) electrons. The van der Waals surface area contributed by atoms with Crippen LogP contribution in [-0.4, -0.2) is 88.1 Å². The summed E-state index contributed by atoms with van der Waals surface area (Å²) in [5.74, 6) is -4.52. The number of halogens is 2. The number of benzene rings is 2. The number of carboxylic acid groups (broad SMARTS) is 1. The zero-order chi connectivity index (χ0) is 32.1. The first-order chi connectivity index (χ1) is 21.6. The van der Waals surface area contributed by atoms with Crippen LogP contribution in [0.15, 0.2) is 47.4 Å². The van der Waals surface area contributed by atoms with Gasteiger partial charge in [0.1, 0.15) is 15.6 Å². The van der Waals surface area contributed by atoms with E-state index in [-0.39, 0.29) is 34.4 Å². The van der Waals surface area contributed by atoms with Crippen LogP contribution in [0.4, 0.5) is 19.5 Å². The summed E-state index contributed by atoms with van der Waals surface area (Å²) in [5, 5.41) is 25.6. The third-order valence-electron chi connectivity index (χ3n) is 7.02. The SMILES string of the molecule is O=C(CCN1C(=O)C(=Cc2cc(-c3ccc(F)c(F)c3)c(NCCN3CCOCC3)s2)SC1=S)Nc1ccc(C(=O)O)c(O)c1. The number of aromatic carboxylic acids is 1. The van der Waals surface area contributed by atoms with Crippen molar-refractivity contribution in [2.24, 2.45) is 0 Å². The number of thiocarbonyl (C=S) groups is 1. The van der Waals surface area contributed by atoms with Crippen LogP contribution < -0.4 is 10.6 Å². The summed E-state index contributed by atoms with van der Waals surface area (Å²) in [6.45, 7) is 4.42. The standard InChI is InChI=1S/C30H28F2N4O6S3/c31-22-4-1-17(13-23(22)32)21-15-19(44-27(21)33-6-8-35-9-11-42-12-10-35)16-25-28(39)36(30(43)45-25)7-5-26(38)34-18-2-3-20(29(40)41)24(37)14-18/h1-4,13-16,33,37H,5-12H2,(H,34,38)(H,40,41). The Morgan fingerprint density at radius 1 is 1.07 bits per heavy atom. The molecule has 3 aromatic rings. The molecule has 0 aliphatic carbocycles. The van der Waals surface area contributed by atoms with Gasteiger partial charge >= 0.3 is 5.97 Å². The van der Waals surface area contributed by atoms with E-state index in [9.17, 15) is 28.3 Å². The van der Waals surface area contributed by atoms with Gasteiger partial charge in [0.05, 0.1) is 23.1 Å². The fraction of sp³-hybridized carbons (Fsp3) is 0.267. The second-order valence-electron chi connectivity index (χ2n) is 10.1. The third kappa shape index (κ3) is 8.04. The molecule has 2 saturated heterocycles. The van der Waals surface area contributed by atoms with Crippen molar-refractivity contribution in [1.82, 2.24) is 9.80 Å². The van der Waals surface area contributed by atoms with Gasteiger partial charge in [-0.05, 0) is 42.0 Å². The van der Waals surface area contributed by atoms with Crippen LogP contribution in [0.1, 0.15) is 21.7 Å². The number of anilines is 2. The first-order valence-corrected chi connectivity index (χ1v) is 15.9. The Hall–Kier alpha value is -3.89. The molecule has 2 aliphatic rings. The molecule has 0 atom stereocenters. The van der Waals surface area contributed by atoms with Gasteiger partial charge in [0.15, 0.2) is 11.6 Å². The first kappa shape index (κ1) is 32.5. The number of morpholine rings is 1. The maximum absolute atomic E-state index is 14.1. The topological polar surface area (TPSA) is 131 Å². The molecule has 2 fully saturated rings. The third-order valence-corrected chi connectivity index (χ3v) is 9.44. The van der Waals surface area contributed by atoms with E-state index in [0.29, 0.717) is 40.7 Å². The van der Waals surface area contributed by atoms with E-state index in [0.717, 1.165) is 54.6 Å². The van der Waals surface area contributed by atoms with Crippen LogP contribution in [0, 0.1) is 11.6 Å². The second kappa shape index (κ2) is 14.5. The van der Waals surface area contributed by atoms with Crippen LogP contribution in [0.2, 0.25) is 0 Å². The van der Waals surface area contributed by atoms with E-state index in [2.05, 4.69) is 15.5 Å². The van der Waals surface area contributed by atoms with Crippen molar-refractivity contribution in [2.75, 3.05) is 56.6 Å². The number of ether oxygens (including phenoxy) is 1. The number of carboxylic acids is 1. The predicted molar refractivity (Wildman–Crippen MR) is 174 cm³/mol. The maximum Gasteiger partial charge on any atom is 0.339 e. The Labute approximate surface area is 270 Å². The number of phenols is 1. The number of rotatable bonds is 11. The van der Waals surface area contributed by atoms with Crippen LogP contribution >= 0.6 is 35.3 Å². The zero-order valence-corrected chi connectivity index (χ0v) is 26.1. The van der Waals surface area contributed by atoms with E-state index in [1.807, 2.05) is 0 Å². The van der Waals surface area contributed by atoms with Gasteiger partial charge in [0.2, 0.25) is 5.91 Å². The molecule has 2 aliphatic heterocycles. The summed E-state index contributed by atoms with van der Waals surface area (Å²) in [6.07, 6.45) is 1.59. The van der Waals surface area contributed by atoms with Gasteiger partial charge < -0.3 is 25.6 Å². The van der Waals surface area contributed by atoms with Crippen molar-refractivity contribution in [3.63, 3.8) is 0 Å². The Bertz CT molecular complexity index is 1670. The lowest BCUT2D eigenvalue weighted by atomic mass is 10.1. The molecule has 0 unspecified atom stereocenters. The number of hydrogen-bond acceptors (Lipinski definition) is 10. The molecule has 236 valence electrons. The fourth-order valence-electron chi connectivity index (χ4n) is 4.69. The number of nitrogens with zero attached hydrogens (tertiary/aromatic N) is 2. The van der Waals surface area contributed by atoms with Gasteiger partial charge in [-0.25, -0.2) is 13.6 Å². The number of carbonyl (C=O) groups excluding carboxylic acids is 2. The van der Waals surface area contributed by atoms with Gasteiger partial charge in [-0.15, -0.1) is 11.3 Å². The van der Waals surface area contributed by atoms with Crippen LogP contribution in [-0.2, 0) is 14.3 Å². The highest BCUT2D eigenvalue weighted by molar-refractivity contribution is 8.26. The van der Waals surface area contributed by atoms with Crippen LogP contribution in [0.25, 0.3) is 17.2 Å². The highest BCUT2D eigenvalue weighted by Gasteiger charge is 2.32. The predicted octanol–water partition coefficient (Wildman–Crippen LogP) is 5.07. The minimum Gasteiger partial charge on any atom is -0.507 e.